The van der Waals surface area contributed by atoms with Gasteiger partial charge in [0.25, 0.3) is 5.69 Å². The number of rotatable bonds is 4. The van der Waals surface area contributed by atoms with Crippen molar-refractivity contribution in [1.29, 1.82) is 5.26 Å². The molecule has 0 aliphatic carbocycles. The van der Waals surface area contributed by atoms with E-state index < -0.39 is 10.5 Å². The van der Waals surface area contributed by atoms with Gasteiger partial charge in [-0.05, 0) is 25.0 Å². The second-order valence-corrected chi connectivity index (χ2v) is 4.78. The van der Waals surface area contributed by atoms with Crippen LogP contribution in [0.15, 0.2) is 18.2 Å². The van der Waals surface area contributed by atoms with Crippen molar-refractivity contribution in [3.63, 3.8) is 0 Å². The van der Waals surface area contributed by atoms with Crippen LogP contribution >= 0.6 is 0 Å². The Morgan fingerprint density at radius 3 is 2.75 bits per heavy atom. The highest BCUT2D eigenvalue weighted by atomic mass is 16.6. The van der Waals surface area contributed by atoms with Crippen molar-refractivity contribution in [2.75, 3.05) is 25.1 Å². The fourth-order valence-electron chi connectivity index (χ4n) is 2.25. The first kappa shape index (κ1) is 14.2. The van der Waals surface area contributed by atoms with Crippen LogP contribution in [0.2, 0.25) is 0 Å². The molecule has 0 atom stereocenters. The van der Waals surface area contributed by atoms with Crippen molar-refractivity contribution < 1.29 is 14.8 Å². The smallest absolute Gasteiger partial charge is 0.289 e. The Kier molecular flexibility index (Phi) is 4.17. The second-order valence-electron chi connectivity index (χ2n) is 4.78. The van der Waals surface area contributed by atoms with E-state index in [9.17, 15) is 15.2 Å². The third-order valence-corrected chi connectivity index (χ3v) is 3.48. The van der Waals surface area contributed by atoms with Gasteiger partial charge in [0.2, 0.25) is 0 Å². The fourth-order valence-corrected chi connectivity index (χ4v) is 2.25. The average molecular weight is 277 g/mol. The maximum absolute atomic E-state index is 10.9. The summed E-state index contributed by atoms with van der Waals surface area (Å²) in [5, 5.41) is 32.5. The number of aliphatic hydroxyl groups is 1. The van der Waals surface area contributed by atoms with E-state index in [4.69, 9.17) is 10.00 Å². The minimum atomic E-state index is -0.584. The maximum Gasteiger partial charge on any atom is 0.289 e. The molecule has 0 radical (unpaired) electrons. The summed E-state index contributed by atoms with van der Waals surface area (Å²) in [5.74, 6) is 0. The number of nitro groups is 1. The number of nitriles is 1. The minimum Gasteiger partial charge on any atom is -0.394 e. The Bertz CT molecular complexity index is 547. The van der Waals surface area contributed by atoms with Gasteiger partial charge in [-0.1, -0.05) is 0 Å². The standard InChI is InChI=1S/C13H15N3O4/c14-8-10-1-2-11(7-12(10)16(18)19)15-13(9-17)3-5-20-6-4-13/h1-2,7,15,17H,3-6,9H2. The molecule has 0 aromatic heterocycles. The molecule has 0 amide bonds. The van der Waals surface area contributed by atoms with Crippen molar-refractivity contribution in [3.8, 4) is 6.07 Å². The molecule has 1 fully saturated rings. The van der Waals surface area contributed by atoms with Gasteiger partial charge in [-0.15, -0.1) is 0 Å². The number of nitrogens with one attached hydrogen (secondary N) is 1. The SMILES string of the molecule is N#Cc1ccc(NC2(CO)CCOCC2)cc1[N+](=O)[O-]. The van der Waals surface area contributed by atoms with E-state index >= 15 is 0 Å². The lowest BCUT2D eigenvalue weighted by Gasteiger charge is -2.37. The minimum absolute atomic E-state index is 0.0191. The maximum atomic E-state index is 10.9. The van der Waals surface area contributed by atoms with Gasteiger partial charge >= 0.3 is 0 Å². The van der Waals surface area contributed by atoms with Crippen LogP contribution in [0.3, 0.4) is 0 Å². The van der Waals surface area contributed by atoms with Gasteiger partial charge < -0.3 is 15.2 Å². The number of benzene rings is 1. The molecule has 2 rings (SSSR count). The highest BCUT2D eigenvalue weighted by Gasteiger charge is 2.32. The number of nitro benzene ring substituents is 1. The molecule has 7 nitrogen and oxygen atoms in total. The third kappa shape index (κ3) is 2.87. The van der Waals surface area contributed by atoms with E-state index in [0.717, 1.165) is 0 Å². The first-order chi connectivity index (χ1) is 9.60. The molecule has 0 bridgehead atoms. The van der Waals surface area contributed by atoms with E-state index in [1.165, 1.54) is 12.1 Å². The summed E-state index contributed by atoms with van der Waals surface area (Å²) in [7, 11) is 0. The molecule has 0 unspecified atom stereocenters. The molecule has 7 heteroatoms. The van der Waals surface area contributed by atoms with E-state index in [-0.39, 0.29) is 17.9 Å². The van der Waals surface area contributed by atoms with Gasteiger partial charge in [-0.25, -0.2) is 0 Å². The first-order valence-electron chi connectivity index (χ1n) is 6.25. The van der Waals surface area contributed by atoms with Crippen molar-refractivity contribution in [1.82, 2.24) is 0 Å². The lowest BCUT2D eigenvalue weighted by molar-refractivity contribution is -0.385. The van der Waals surface area contributed by atoms with Crippen LogP contribution in [-0.4, -0.2) is 35.4 Å². The van der Waals surface area contributed by atoms with Crippen LogP contribution in [0.1, 0.15) is 18.4 Å². The molecular weight excluding hydrogens is 262 g/mol. The van der Waals surface area contributed by atoms with Gasteiger partial charge in [0.05, 0.1) is 17.1 Å². The summed E-state index contributed by atoms with van der Waals surface area (Å²) >= 11 is 0. The number of hydrogen-bond acceptors (Lipinski definition) is 6. The summed E-state index contributed by atoms with van der Waals surface area (Å²) < 4.78 is 5.26. The Balaban J connectivity index is 2.27. The Morgan fingerprint density at radius 2 is 2.20 bits per heavy atom. The van der Waals surface area contributed by atoms with E-state index in [1.54, 1.807) is 12.1 Å². The zero-order valence-electron chi connectivity index (χ0n) is 10.8. The average Bonchev–Trinajstić information content (AvgIpc) is 2.48. The van der Waals surface area contributed by atoms with Crippen LogP contribution in [0.5, 0.6) is 0 Å². The highest BCUT2D eigenvalue weighted by Crippen LogP contribution is 2.29. The molecule has 2 N–H and O–H groups in total. The molecule has 0 spiro atoms. The first-order valence-corrected chi connectivity index (χ1v) is 6.25. The summed E-state index contributed by atoms with van der Waals surface area (Å²) in [4.78, 5) is 10.3. The Morgan fingerprint density at radius 1 is 1.50 bits per heavy atom. The molecule has 1 aliphatic rings. The summed E-state index contributed by atoms with van der Waals surface area (Å²) in [6, 6.07) is 6.13. The molecular formula is C13H15N3O4. The summed E-state index contributed by atoms with van der Waals surface area (Å²) in [5.41, 5.74) is -0.227. The van der Waals surface area contributed by atoms with Gasteiger partial charge in [0, 0.05) is 25.0 Å². The molecule has 1 heterocycles. The summed E-state index contributed by atoms with van der Waals surface area (Å²) in [6.07, 6.45) is 1.24. The number of nitrogens with zero attached hydrogens (tertiary/aromatic N) is 2. The van der Waals surface area contributed by atoms with Crippen LogP contribution < -0.4 is 5.32 Å². The van der Waals surface area contributed by atoms with Gasteiger partial charge in [0.15, 0.2) is 0 Å². The van der Waals surface area contributed by atoms with Crippen molar-refractivity contribution in [2.45, 2.75) is 18.4 Å². The summed E-state index contributed by atoms with van der Waals surface area (Å²) in [6.45, 7) is 0.988. The molecule has 1 saturated heterocycles. The van der Waals surface area contributed by atoms with Crippen LogP contribution in [0.4, 0.5) is 11.4 Å². The number of ether oxygens (including phenoxy) is 1. The van der Waals surface area contributed by atoms with Gasteiger partial charge in [-0.3, -0.25) is 10.1 Å². The predicted molar refractivity (Wildman–Crippen MR) is 71.3 cm³/mol. The second kappa shape index (κ2) is 5.86. The van der Waals surface area contributed by atoms with Crippen molar-refractivity contribution >= 4 is 11.4 Å². The van der Waals surface area contributed by atoms with Crippen LogP contribution in [0.25, 0.3) is 0 Å². The fraction of sp³-hybridized carbons (Fsp3) is 0.462. The number of hydrogen-bond donors (Lipinski definition) is 2. The topological polar surface area (TPSA) is 108 Å². The van der Waals surface area contributed by atoms with E-state index in [0.29, 0.717) is 31.7 Å². The number of aliphatic hydroxyl groups excluding tert-OH is 1. The van der Waals surface area contributed by atoms with Crippen LogP contribution in [0, 0.1) is 21.4 Å². The molecule has 1 aromatic rings. The van der Waals surface area contributed by atoms with Gasteiger partial charge in [-0.2, -0.15) is 5.26 Å². The highest BCUT2D eigenvalue weighted by molar-refractivity contribution is 5.60. The lowest BCUT2D eigenvalue weighted by atomic mass is 9.90. The Hall–Kier alpha value is -2.17. The molecule has 0 saturated carbocycles. The zero-order valence-corrected chi connectivity index (χ0v) is 10.8. The zero-order chi connectivity index (χ0) is 14.6. The Labute approximate surface area is 115 Å². The monoisotopic (exact) mass is 277 g/mol. The normalized spacial score (nSPS) is 17.2. The quantitative estimate of drug-likeness (QED) is 0.636. The molecule has 106 valence electrons. The number of anilines is 1. The third-order valence-electron chi connectivity index (χ3n) is 3.48. The molecule has 1 aromatic carbocycles. The molecule has 1 aliphatic heterocycles. The van der Waals surface area contributed by atoms with E-state index in [2.05, 4.69) is 5.32 Å². The largest absolute Gasteiger partial charge is 0.394 e. The predicted octanol–water partition coefficient (Wildman–Crippen LogP) is 1.42. The molecule has 20 heavy (non-hydrogen) atoms. The van der Waals surface area contributed by atoms with Crippen molar-refractivity contribution in [3.05, 3.63) is 33.9 Å². The lowest BCUT2D eigenvalue weighted by Crippen LogP contribution is -2.46. The van der Waals surface area contributed by atoms with E-state index in [1.807, 2.05) is 0 Å². The van der Waals surface area contributed by atoms with Crippen molar-refractivity contribution in [2.24, 2.45) is 0 Å². The van der Waals surface area contributed by atoms with Crippen LogP contribution in [-0.2, 0) is 4.74 Å². The van der Waals surface area contributed by atoms with Gasteiger partial charge in [0.1, 0.15) is 11.6 Å².